The first kappa shape index (κ1) is 12.9. The molecular formula is C16H18N4. The fourth-order valence-electron chi connectivity index (χ4n) is 2.86. The van der Waals surface area contributed by atoms with Crippen molar-refractivity contribution in [2.24, 2.45) is 0 Å². The van der Waals surface area contributed by atoms with Crippen LogP contribution in [0.5, 0.6) is 0 Å². The topological polar surface area (TPSA) is 44.9 Å². The third-order valence-electron chi connectivity index (χ3n) is 3.98. The molecule has 2 aromatic rings. The zero-order valence-electron chi connectivity index (χ0n) is 11.9. The SMILES string of the molecule is Cc1nn(Cc2ccccc2C#N)c2c1CN(C)CC2. The van der Waals surface area contributed by atoms with Gasteiger partial charge in [0.15, 0.2) is 0 Å². The van der Waals surface area contributed by atoms with E-state index in [1.54, 1.807) is 0 Å². The van der Waals surface area contributed by atoms with Crippen molar-refractivity contribution in [1.82, 2.24) is 14.7 Å². The van der Waals surface area contributed by atoms with Gasteiger partial charge in [0.05, 0.1) is 23.9 Å². The van der Waals surface area contributed by atoms with E-state index in [0.717, 1.165) is 36.3 Å². The van der Waals surface area contributed by atoms with Crippen molar-refractivity contribution in [1.29, 1.82) is 5.26 Å². The third-order valence-corrected chi connectivity index (χ3v) is 3.98. The van der Waals surface area contributed by atoms with Crippen LogP contribution in [0.15, 0.2) is 24.3 Å². The number of nitriles is 1. The molecule has 0 atom stereocenters. The molecule has 4 nitrogen and oxygen atoms in total. The average Bonchev–Trinajstić information content (AvgIpc) is 2.75. The summed E-state index contributed by atoms with van der Waals surface area (Å²) in [5.74, 6) is 0. The molecule has 1 aromatic heterocycles. The predicted octanol–water partition coefficient (Wildman–Crippen LogP) is 2.10. The van der Waals surface area contributed by atoms with Gasteiger partial charge in [-0.05, 0) is 25.6 Å². The second-order valence-corrected chi connectivity index (χ2v) is 5.43. The quantitative estimate of drug-likeness (QED) is 0.836. The Balaban J connectivity index is 1.97. The molecule has 4 heteroatoms. The van der Waals surface area contributed by atoms with Gasteiger partial charge in [0.25, 0.3) is 0 Å². The maximum atomic E-state index is 9.19. The van der Waals surface area contributed by atoms with Gasteiger partial charge in [-0.1, -0.05) is 18.2 Å². The summed E-state index contributed by atoms with van der Waals surface area (Å²) in [5.41, 5.74) is 5.57. The molecule has 0 aliphatic carbocycles. The summed E-state index contributed by atoms with van der Waals surface area (Å²) in [6.45, 7) is 4.80. The van der Waals surface area contributed by atoms with Gasteiger partial charge >= 0.3 is 0 Å². The van der Waals surface area contributed by atoms with Crippen molar-refractivity contribution in [3.05, 3.63) is 52.3 Å². The summed E-state index contributed by atoms with van der Waals surface area (Å²) in [6, 6.07) is 10.0. The highest BCUT2D eigenvalue weighted by Gasteiger charge is 2.21. The summed E-state index contributed by atoms with van der Waals surface area (Å²) >= 11 is 0. The highest BCUT2D eigenvalue weighted by atomic mass is 15.3. The number of aromatic nitrogens is 2. The van der Waals surface area contributed by atoms with E-state index in [9.17, 15) is 5.26 Å². The minimum absolute atomic E-state index is 0.684. The molecular weight excluding hydrogens is 248 g/mol. The van der Waals surface area contributed by atoms with E-state index in [-0.39, 0.29) is 0 Å². The fourth-order valence-corrected chi connectivity index (χ4v) is 2.86. The van der Waals surface area contributed by atoms with E-state index in [1.807, 2.05) is 24.3 Å². The summed E-state index contributed by atoms with van der Waals surface area (Å²) in [5, 5.41) is 13.9. The zero-order chi connectivity index (χ0) is 14.1. The summed E-state index contributed by atoms with van der Waals surface area (Å²) in [7, 11) is 2.14. The molecule has 1 aliphatic rings. The maximum absolute atomic E-state index is 9.19. The third kappa shape index (κ3) is 2.21. The lowest BCUT2D eigenvalue weighted by atomic mass is 10.1. The second kappa shape index (κ2) is 5.10. The van der Waals surface area contributed by atoms with E-state index < -0.39 is 0 Å². The van der Waals surface area contributed by atoms with Crippen LogP contribution in [0.3, 0.4) is 0 Å². The molecule has 2 heterocycles. The van der Waals surface area contributed by atoms with E-state index in [2.05, 4.69) is 34.7 Å². The molecule has 0 amide bonds. The van der Waals surface area contributed by atoms with Crippen LogP contribution in [0.4, 0.5) is 0 Å². The van der Waals surface area contributed by atoms with Crippen LogP contribution in [0, 0.1) is 18.3 Å². The van der Waals surface area contributed by atoms with Gasteiger partial charge in [-0.2, -0.15) is 10.4 Å². The first-order valence-corrected chi connectivity index (χ1v) is 6.90. The Bertz CT molecular complexity index is 678. The first-order chi connectivity index (χ1) is 9.69. The van der Waals surface area contributed by atoms with Gasteiger partial charge in [-0.15, -0.1) is 0 Å². The number of likely N-dealkylation sites (N-methyl/N-ethyl adjacent to an activating group) is 1. The highest BCUT2D eigenvalue weighted by Crippen LogP contribution is 2.22. The van der Waals surface area contributed by atoms with Gasteiger partial charge in [0, 0.05) is 30.8 Å². The maximum Gasteiger partial charge on any atom is 0.0995 e. The van der Waals surface area contributed by atoms with E-state index in [1.165, 1.54) is 11.3 Å². The van der Waals surface area contributed by atoms with Crippen molar-refractivity contribution < 1.29 is 0 Å². The number of hydrogen-bond donors (Lipinski definition) is 0. The zero-order valence-corrected chi connectivity index (χ0v) is 11.9. The lowest BCUT2D eigenvalue weighted by molar-refractivity contribution is 0.307. The summed E-state index contributed by atoms with van der Waals surface area (Å²) in [6.07, 6.45) is 1.03. The molecule has 20 heavy (non-hydrogen) atoms. The summed E-state index contributed by atoms with van der Waals surface area (Å²) < 4.78 is 2.08. The molecule has 0 N–H and O–H groups in total. The molecule has 0 fully saturated rings. The van der Waals surface area contributed by atoms with Crippen LogP contribution in [0.2, 0.25) is 0 Å². The number of nitrogens with zero attached hydrogens (tertiary/aromatic N) is 4. The van der Waals surface area contributed by atoms with Crippen molar-refractivity contribution in [3.8, 4) is 6.07 Å². The Kier molecular flexibility index (Phi) is 3.29. The fraction of sp³-hybridized carbons (Fsp3) is 0.375. The smallest absolute Gasteiger partial charge is 0.0995 e. The number of benzene rings is 1. The summed E-state index contributed by atoms with van der Waals surface area (Å²) in [4.78, 5) is 2.32. The van der Waals surface area contributed by atoms with Crippen molar-refractivity contribution in [3.63, 3.8) is 0 Å². The van der Waals surface area contributed by atoms with Crippen LogP contribution in [-0.4, -0.2) is 28.3 Å². The minimum Gasteiger partial charge on any atom is -0.302 e. The van der Waals surface area contributed by atoms with Gasteiger partial charge < -0.3 is 4.90 Å². The van der Waals surface area contributed by atoms with Crippen molar-refractivity contribution >= 4 is 0 Å². The Hall–Kier alpha value is -2.12. The molecule has 0 bridgehead atoms. The standard InChI is InChI=1S/C16H18N4/c1-12-15-11-19(2)8-7-16(15)20(18-12)10-14-6-4-3-5-13(14)9-17/h3-6H,7-8,10-11H2,1-2H3. The van der Waals surface area contributed by atoms with Gasteiger partial charge in [-0.3, -0.25) is 4.68 Å². The van der Waals surface area contributed by atoms with Gasteiger partial charge in [0.1, 0.15) is 0 Å². The average molecular weight is 266 g/mol. The molecule has 3 rings (SSSR count). The molecule has 0 unspecified atom stereocenters. The lowest BCUT2D eigenvalue weighted by Crippen LogP contribution is -2.27. The van der Waals surface area contributed by atoms with Crippen LogP contribution >= 0.6 is 0 Å². The number of fused-ring (bicyclic) bond motifs is 1. The van der Waals surface area contributed by atoms with E-state index >= 15 is 0 Å². The van der Waals surface area contributed by atoms with Crippen LogP contribution in [0.25, 0.3) is 0 Å². The Morgan fingerprint density at radius 2 is 2.15 bits per heavy atom. The lowest BCUT2D eigenvalue weighted by Gasteiger charge is -2.23. The number of rotatable bonds is 2. The Morgan fingerprint density at radius 3 is 2.95 bits per heavy atom. The Morgan fingerprint density at radius 1 is 1.35 bits per heavy atom. The molecule has 1 aliphatic heterocycles. The molecule has 102 valence electrons. The number of hydrogen-bond acceptors (Lipinski definition) is 3. The molecule has 0 saturated carbocycles. The van der Waals surface area contributed by atoms with E-state index in [4.69, 9.17) is 0 Å². The monoisotopic (exact) mass is 266 g/mol. The van der Waals surface area contributed by atoms with Crippen LogP contribution in [0.1, 0.15) is 28.1 Å². The molecule has 0 radical (unpaired) electrons. The van der Waals surface area contributed by atoms with Crippen molar-refractivity contribution in [2.45, 2.75) is 26.4 Å². The molecule has 1 aromatic carbocycles. The minimum atomic E-state index is 0.684. The van der Waals surface area contributed by atoms with Crippen LogP contribution in [-0.2, 0) is 19.5 Å². The first-order valence-electron chi connectivity index (χ1n) is 6.90. The predicted molar refractivity (Wildman–Crippen MR) is 77.3 cm³/mol. The largest absolute Gasteiger partial charge is 0.302 e. The van der Waals surface area contributed by atoms with E-state index in [0.29, 0.717) is 6.54 Å². The highest BCUT2D eigenvalue weighted by molar-refractivity contribution is 5.38. The van der Waals surface area contributed by atoms with Gasteiger partial charge in [0.2, 0.25) is 0 Å². The van der Waals surface area contributed by atoms with Gasteiger partial charge in [-0.25, -0.2) is 0 Å². The normalized spacial score (nSPS) is 14.8. The van der Waals surface area contributed by atoms with Crippen LogP contribution < -0.4 is 0 Å². The molecule has 0 saturated heterocycles. The molecule has 0 spiro atoms. The second-order valence-electron chi connectivity index (χ2n) is 5.43. The van der Waals surface area contributed by atoms with Crippen molar-refractivity contribution in [2.75, 3.05) is 13.6 Å². The Labute approximate surface area is 119 Å². The number of aryl methyl sites for hydroxylation is 1.